The summed E-state index contributed by atoms with van der Waals surface area (Å²) in [5.74, 6) is -1.93. The van der Waals surface area contributed by atoms with Crippen molar-refractivity contribution in [1.82, 2.24) is 10.2 Å². The van der Waals surface area contributed by atoms with Gasteiger partial charge in [-0.15, -0.1) is 0 Å². The van der Waals surface area contributed by atoms with Gasteiger partial charge in [0.15, 0.2) is 6.61 Å². The maximum Gasteiger partial charge on any atom is 0.359 e. The summed E-state index contributed by atoms with van der Waals surface area (Å²) < 4.78 is 30.4. The van der Waals surface area contributed by atoms with Crippen LogP contribution in [0, 0.1) is 0 Å². The standard InChI is InChI=1S/C24H33N2O8P/c1-3-5-14-33-35(31,34-15-6-4-2)19-13-12-18-21(23(28)26(18)22(19)24(29)30)25-20(27)16-32-17-10-8-7-9-11-17/h7-11,18,21H,3-6,12-16H2,1-2H3,(H,25,27)(H,29,30). The first kappa shape index (κ1) is 26.9. The molecule has 0 aliphatic carbocycles. The second-order valence-electron chi connectivity index (χ2n) is 8.43. The SMILES string of the molecule is CCCCOP(=O)(OCCCC)C1=C(C(=O)O)N2C(=O)C(NC(=O)COc3ccccc3)C2CC1. The van der Waals surface area contributed by atoms with Crippen LogP contribution in [0.2, 0.25) is 0 Å². The number of hydrogen-bond donors (Lipinski definition) is 2. The van der Waals surface area contributed by atoms with E-state index >= 15 is 0 Å². The summed E-state index contributed by atoms with van der Waals surface area (Å²) in [5, 5.41) is 12.6. The Labute approximate surface area is 205 Å². The summed E-state index contributed by atoms with van der Waals surface area (Å²) in [7, 11) is -3.92. The molecule has 2 unspecified atom stereocenters. The van der Waals surface area contributed by atoms with Gasteiger partial charge in [0.05, 0.1) is 24.6 Å². The lowest BCUT2D eigenvalue weighted by atomic mass is 9.86. The number of β-lactam (4-membered cyclic amide) rings is 1. The number of ether oxygens (including phenoxy) is 1. The summed E-state index contributed by atoms with van der Waals surface area (Å²) in [5.41, 5.74) is -0.367. The topological polar surface area (TPSA) is 131 Å². The van der Waals surface area contributed by atoms with Crippen molar-refractivity contribution in [3.63, 3.8) is 0 Å². The number of carbonyl (C=O) groups is 3. The molecule has 11 heteroatoms. The third-order valence-corrected chi connectivity index (χ3v) is 8.03. The number of benzene rings is 1. The third kappa shape index (κ3) is 6.31. The predicted octanol–water partition coefficient (Wildman–Crippen LogP) is 3.68. The molecule has 2 heterocycles. The van der Waals surface area contributed by atoms with Crippen molar-refractivity contribution >= 4 is 25.4 Å². The first-order valence-corrected chi connectivity index (χ1v) is 13.5. The minimum absolute atomic E-state index is 0.0130. The van der Waals surface area contributed by atoms with E-state index in [1.54, 1.807) is 24.3 Å². The van der Waals surface area contributed by atoms with Gasteiger partial charge in [0.1, 0.15) is 17.5 Å². The zero-order chi connectivity index (χ0) is 25.4. The van der Waals surface area contributed by atoms with E-state index in [0.717, 1.165) is 17.7 Å². The average Bonchev–Trinajstić information content (AvgIpc) is 2.86. The normalized spacial score (nSPS) is 19.7. The highest BCUT2D eigenvalue weighted by molar-refractivity contribution is 7.58. The van der Waals surface area contributed by atoms with Crippen LogP contribution < -0.4 is 10.1 Å². The number of hydrogen-bond acceptors (Lipinski definition) is 7. The monoisotopic (exact) mass is 508 g/mol. The molecule has 3 rings (SSSR count). The molecule has 2 amide bonds. The molecule has 1 aromatic rings. The van der Waals surface area contributed by atoms with Crippen molar-refractivity contribution in [3.8, 4) is 5.75 Å². The number of fused-ring (bicyclic) bond motifs is 1. The second kappa shape index (κ2) is 12.3. The van der Waals surface area contributed by atoms with Crippen molar-refractivity contribution in [2.24, 2.45) is 0 Å². The fourth-order valence-corrected chi connectivity index (χ4v) is 6.03. The average molecular weight is 509 g/mol. The van der Waals surface area contributed by atoms with Crippen LogP contribution in [0.25, 0.3) is 0 Å². The van der Waals surface area contributed by atoms with Crippen molar-refractivity contribution in [2.75, 3.05) is 19.8 Å². The summed E-state index contributed by atoms with van der Waals surface area (Å²) in [6.07, 6.45) is 3.34. The van der Waals surface area contributed by atoms with Gasteiger partial charge in [-0.05, 0) is 37.8 Å². The molecule has 1 fully saturated rings. The van der Waals surface area contributed by atoms with E-state index in [1.165, 1.54) is 0 Å². The number of carboxylic acids is 1. The molecule has 0 spiro atoms. The highest BCUT2D eigenvalue weighted by atomic mass is 31.2. The van der Waals surface area contributed by atoms with E-state index < -0.39 is 37.5 Å². The molecule has 2 aliphatic heterocycles. The number of allylic oxidation sites excluding steroid dienone is 1. The molecular weight excluding hydrogens is 475 g/mol. The lowest BCUT2D eigenvalue weighted by Crippen LogP contribution is -2.71. The van der Waals surface area contributed by atoms with Crippen LogP contribution in [0.3, 0.4) is 0 Å². The molecule has 0 radical (unpaired) electrons. The Morgan fingerprint density at radius 2 is 1.74 bits per heavy atom. The van der Waals surface area contributed by atoms with Crippen molar-refractivity contribution in [1.29, 1.82) is 0 Å². The van der Waals surface area contributed by atoms with Crippen molar-refractivity contribution in [3.05, 3.63) is 41.3 Å². The molecule has 1 aromatic carbocycles. The van der Waals surface area contributed by atoms with Gasteiger partial charge in [-0.25, -0.2) is 4.79 Å². The van der Waals surface area contributed by atoms with Crippen LogP contribution in [-0.4, -0.2) is 59.7 Å². The number of unbranched alkanes of at least 4 members (excludes halogenated alkanes) is 2. The molecule has 192 valence electrons. The molecule has 1 saturated heterocycles. The van der Waals surface area contributed by atoms with Crippen LogP contribution in [0.5, 0.6) is 5.75 Å². The number of nitrogens with one attached hydrogen (secondary N) is 1. The fourth-order valence-electron chi connectivity index (χ4n) is 4.04. The number of aliphatic carboxylic acids is 1. The van der Waals surface area contributed by atoms with Crippen molar-refractivity contribution in [2.45, 2.75) is 64.5 Å². The highest BCUT2D eigenvalue weighted by Crippen LogP contribution is 2.61. The molecular formula is C24H33N2O8P. The van der Waals surface area contributed by atoms with Crippen LogP contribution in [0.4, 0.5) is 0 Å². The number of carboxylic acid groups (broad SMARTS) is 1. The van der Waals surface area contributed by atoms with Gasteiger partial charge in [-0.2, -0.15) is 0 Å². The quantitative estimate of drug-likeness (QED) is 0.221. The minimum atomic E-state index is -3.92. The number of carbonyl (C=O) groups excluding carboxylic acids is 2. The van der Waals surface area contributed by atoms with Crippen LogP contribution in [0.15, 0.2) is 41.3 Å². The van der Waals surface area contributed by atoms with Crippen molar-refractivity contribution < 1.29 is 37.8 Å². The Morgan fingerprint density at radius 3 is 2.31 bits per heavy atom. The molecule has 2 atom stereocenters. The summed E-state index contributed by atoms with van der Waals surface area (Å²) >= 11 is 0. The Hall–Kier alpha value is -2.68. The number of nitrogens with zero attached hydrogens (tertiary/aromatic N) is 1. The predicted molar refractivity (Wildman–Crippen MR) is 128 cm³/mol. The number of rotatable bonds is 14. The van der Waals surface area contributed by atoms with E-state index in [4.69, 9.17) is 13.8 Å². The maximum atomic E-state index is 13.7. The van der Waals surface area contributed by atoms with E-state index in [0.29, 0.717) is 25.0 Å². The van der Waals surface area contributed by atoms with Gasteiger partial charge in [-0.1, -0.05) is 44.9 Å². The number of amides is 2. The summed E-state index contributed by atoms with van der Waals surface area (Å²) in [4.78, 5) is 38.6. The van der Waals surface area contributed by atoms with E-state index in [1.807, 2.05) is 19.9 Å². The Bertz CT molecular complexity index is 982. The molecule has 0 saturated carbocycles. The highest BCUT2D eigenvalue weighted by Gasteiger charge is 2.56. The molecule has 0 aromatic heterocycles. The van der Waals surface area contributed by atoms with E-state index in [2.05, 4.69) is 5.32 Å². The minimum Gasteiger partial charge on any atom is -0.484 e. The molecule has 2 N–H and O–H groups in total. The Kier molecular flexibility index (Phi) is 9.48. The molecule has 10 nitrogen and oxygen atoms in total. The molecule has 35 heavy (non-hydrogen) atoms. The summed E-state index contributed by atoms with van der Waals surface area (Å²) in [6, 6.07) is 7.35. The molecule has 2 aliphatic rings. The fraction of sp³-hybridized carbons (Fsp3) is 0.542. The van der Waals surface area contributed by atoms with Crippen LogP contribution in [0.1, 0.15) is 52.4 Å². The Morgan fingerprint density at radius 1 is 1.11 bits per heavy atom. The van der Waals surface area contributed by atoms with Gasteiger partial charge in [0, 0.05) is 0 Å². The van der Waals surface area contributed by atoms with E-state index in [9.17, 15) is 24.1 Å². The van der Waals surface area contributed by atoms with Gasteiger partial charge >= 0.3 is 13.6 Å². The lowest BCUT2D eigenvalue weighted by molar-refractivity contribution is -0.156. The molecule has 0 bridgehead atoms. The largest absolute Gasteiger partial charge is 0.484 e. The first-order valence-electron chi connectivity index (χ1n) is 12.0. The number of para-hydroxylation sites is 1. The Balaban J connectivity index is 1.74. The zero-order valence-electron chi connectivity index (χ0n) is 20.1. The van der Waals surface area contributed by atoms with Gasteiger partial charge in [0.2, 0.25) is 0 Å². The van der Waals surface area contributed by atoms with Crippen LogP contribution in [-0.2, 0) is 28.0 Å². The smallest absolute Gasteiger partial charge is 0.359 e. The third-order valence-electron chi connectivity index (χ3n) is 5.89. The lowest BCUT2D eigenvalue weighted by Gasteiger charge is -2.50. The zero-order valence-corrected chi connectivity index (χ0v) is 21.0. The first-order chi connectivity index (χ1) is 16.8. The van der Waals surface area contributed by atoms with Gasteiger partial charge < -0.3 is 24.2 Å². The summed E-state index contributed by atoms with van der Waals surface area (Å²) in [6.45, 7) is 3.95. The maximum absolute atomic E-state index is 13.7. The van der Waals surface area contributed by atoms with E-state index in [-0.39, 0.29) is 37.3 Å². The van der Waals surface area contributed by atoms with Crippen LogP contribution >= 0.6 is 7.60 Å². The second-order valence-corrected chi connectivity index (χ2v) is 10.5. The van der Waals surface area contributed by atoms with Gasteiger partial charge in [-0.3, -0.25) is 19.1 Å². The van der Waals surface area contributed by atoms with Gasteiger partial charge in [0.25, 0.3) is 11.8 Å².